The van der Waals surface area contributed by atoms with Crippen molar-refractivity contribution in [1.29, 1.82) is 0 Å². The molecule has 0 heterocycles. The molecule has 3 heteroatoms. The van der Waals surface area contributed by atoms with Crippen LogP contribution in [0.15, 0.2) is 24.3 Å². The van der Waals surface area contributed by atoms with Crippen LogP contribution in [0.4, 0.5) is 0 Å². The standard InChI is InChI=1S/C14H20ClNO/c1-3-5-10-16(4-2)11-12-6-8-13(9-7-12)14(15)17/h6-9H,3-5,10-11H2,1-2H3. The average Bonchev–Trinajstić information content (AvgIpc) is 2.35. The maximum absolute atomic E-state index is 10.9. The Labute approximate surface area is 109 Å². The third-order valence-electron chi connectivity index (χ3n) is 2.86. The van der Waals surface area contributed by atoms with Gasteiger partial charge in [0.2, 0.25) is 0 Å². The lowest BCUT2D eigenvalue weighted by molar-refractivity contribution is 0.108. The predicted molar refractivity (Wildman–Crippen MR) is 72.5 cm³/mol. The fourth-order valence-corrected chi connectivity index (χ4v) is 1.86. The number of unbranched alkanes of at least 4 members (excludes halogenated alkanes) is 1. The SMILES string of the molecule is CCCCN(CC)Cc1ccc(C(=O)Cl)cc1. The second-order valence-electron chi connectivity index (χ2n) is 4.19. The van der Waals surface area contributed by atoms with Crippen molar-refractivity contribution in [2.45, 2.75) is 33.2 Å². The first-order valence-electron chi connectivity index (χ1n) is 6.18. The minimum atomic E-state index is -0.394. The summed E-state index contributed by atoms with van der Waals surface area (Å²) in [6.07, 6.45) is 2.45. The Bertz CT molecular complexity index is 348. The molecule has 0 unspecified atom stereocenters. The highest BCUT2D eigenvalue weighted by Crippen LogP contribution is 2.10. The number of rotatable bonds is 7. The smallest absolute Gasteiger partial charge is 0.252 e. The van der Waals surface area contributed by atoms with Gasteiger partial charge in [0.1, 0.15) is 0 Å². The van der Waals surface area contributed by atoms with Crippen molar-refractivity contribution in [3.63, 3.8) is 0 Å². The molecule has 94 valence electrons. The van der Waals surface area contributed by atoms with Crippen molar-refractivity contribution in [2.24, 2.45) is 0 Å². The van der Waals surface area contributed by atoms with E-state index in [-0.39, 0.29) is 0 Å². The van der Waals surface area contributed by atoms with E-state index in [1.165, 1.54) is 18.4 Å². The zero-order valence-corrected chi connectivity index (χ0v) is 11.3. The Hall–Kier alpha value is -0.860. The van der Waals surface area contributed by atoms with Gasteiger partial charge in [0.05, 0.1) is 0 Å². The lowest BCUT2D eigenvalue weighted by atomic mass is 10.1. The molecule has 0 atom stereocenters. The summed E-state index contributed by atoms with van der Waals surface area (Å²) in [4.78, 5) is 13.3. The number of benzene rings is 1. The first-order valence-corrected chi connectivity index (χ1v) is 6.56. The predicted octanol–water partition coefficient (Wildman–Crippen LogP) is 3.69. The Kier molecular flexibility index (Phi) is 6.23. The summed E-state index contributed by atoms with van der Waals surface area (Å²) >= 11 is 5.41. The van der Waals surface area contributed by atoms with Crippen molar-refractivity contribution >= 4 is 16.8 Å². The molecule has 0 aliphatic heterocycles. The highest BCUT2D eigenvalue weighted by Gasteiger charge is 2.05. The molecule has 2 nitrogen and oxygen atoms in total. The van der Waals surface area contributed by atoms with E-state index in [4.69, 9.17) is 11.6 Å². The van der Waals surface area contributed by atoms with Crippen molar-refractivity contribution in [3.8, 4) is 0 Å². The molecule has 0 saturated carbocycles. The van der Waals surface area contributed by atoms with Crippen LogP contribution >= 0.6 is 11.6 Å². The number of halogens is 1. The van der Waals surface area contributed by atoms with E-state index < -0.39 is 5.24 Å². The van der Waals surface area contributed by atoms with Gasteiger partial charge in [0.25, 0.3) is 5.24 Å². The van der Waals surface area contributed by atoms with Gasteiger partial charge in [0, 0.05) is 12.1 Å². The fourth-order valence-electron chi connectivity index (χ4n) is 1.73. The van der Waals surface area contributed by atoms with Gasteiger partial charge >= 0.3 is 0 Å². The van der Waals surface area contributed by atoms with E-state index in [2.05, 4.69) is 18.7 Å². The van der Waals surface area contributed by atoms with Crippen LogP contribution in [-0.2, 0) is 6.54 Å². The van der Waals surface area contributed by atoms with Crippen LogP contribution in [0, 0.1) is 0 Å². The first-order chi connectivity index (χ1) is 8.17. The molecule has 0 bridgehead atoms. The summed E-state index contributed by atoms with van der Waals surface area (Å²) in [5, 5.41) is -0.394. The van der Waals surface area contributed by atoms with Gasteiger partial charge in [-0.1, -0.05) is 32.4 Å². The lowest BCUT2D eigenvalue weighted by Gasteiger charge is -2.20. The van der Waals surface area contributed by atoms with Gasteiger partial charge in [-0.25, -0.2) is 0 Å². The van der Waals surface area contributed by atoms with Crippen LogP contribution in [0.3, 0.4) is 0 Å². The summed E-state index contributed by atoms with van der Waals surface area (Å²) in [6, 6.07) is 7.53. The Morgan fingerprint density at radius 2 is 1.88 bits per heavy atom. The molecule has 0 aliphatic carbocycles. The lowest BCUT2D eigenvalue weighted by Crippen LogP contribution is -2.23. The number of hydrogen-bond donors (Lipinski definition) is 0. The second-order valence-corrected chi connectivity index (χ2v) is 4.54. The topological polar surface area (TPSA) is 20.3 Å². The summed E-state index contributed by atoms with van der Waals surface area (Å²) in [5.41, 5.74) is 1.79. The number of carbonyl (C=O) groups is 1. The highest BCUT2D eigenvalue weighted by atomic mass is 35.5. The van der Waals surface area contributed by atoms with Gasteiger partial charge in [0.15, 0.2) is 0 Å². The normalized spacial score (nSPS) is 10.8. The van der Waals surface area contributed by atoms with Crippen LogP contribution in [0.1, 0.15) is 42.6 Å². The first kappa shape index (κ1) is 14.2. The minimum Gasteiger partial charge on any atom is -0.299 e. The van der Waals surface area contributed by atoms with Gasteiger partial charge < -0.3 is 0 Å². The molecule has 0 fully saturated rings. The highest BCUT2D eigenvalue weighted by molar-refractivity contribution is 6.67. The van der Waals surface area contributed by atoms with E-state index in [1.807, 2.05) is 12.1 Å². The minimum absolute atomic E-state index is 0.394. The van der Waals surface area contributed by atoms with Crippen molar-refractivity contribution in [1.82, 2.24) is 4.90 Å². The number of nitrogens with zero attached hydrogens (tertiary/aromatic N) is 1. The molecule has 0 aromatic heterocycles. The number of hydrogen-bond acceptors (Lipinski definition) is 2. The number of carbonyl (C=O) groups excluding carboxylic acids is 1. The van der Waals surface area contributed by atoms with E-state index in [9.17, 15) is 4.79 Å². The van der Waals surface area contributed by atoms with Gasteiger partial charge in [-0.05, 0) is 48.8 Å². The summed E-state index contributed by atoms with van der Waals surface area (Å²) < 4.78 is 0. The average molecular weight is 254 g/mol. The Morgan fingerprint density at radius 1 is 1.24 bits per heavy atom. The fraction of sp³-hybridized carbons (Fsp3) is 0.500. The molecule has 1 aromatic rings. The molecule has 1 aromatic carbocycles. The van der Waals surface area contributed by atoms with E-state index in [1.54, 1.807) is 12.1 Å². The van der Waals surface area contributed by atoms with E-state index in [0.717, 1.165) is 19.6 Å². The molecular weight excluding hydrogens is 234 g/mol. The van der Waals surface area contributed by atoms with Crippen molar-refractivity contribution in [2.75, 3.05) is 13.1 Å². The Balaban J connectivity index is 2.57. The van der Waals surface area contributed by atoms with Crippen LogP contribution < -0.4 is 0 Å². The van der Waals surface area contributed by atoms with Gasteiger partial charge in [-0.3, -0.25) is 9.69 Å². The third kappa shape index (κ3) is 4.88. The quantitative estimate of drug-likeness (QED) is 0.691. The summed E-state index contributed by atoms with van der Waals surface area (Å²) in [7, 11) is 0. The monoisotopic (exact) mass is 253 g/mol. The molecule has 1 rings (SSSR count). The van der Waals surface area contributed by atoms with Crippen molar-refractivity contribution in [3.05, 3.63) is 35.4 Å². The molecule has 0 radical (unpaired) electrons. The third-order valence-corrected chi connectivity index (χ3v) is 3.08. The van der Waals surface area contributed by atoms with Gasteiger partial charge in [-0.2, -0.15) is 0 Å². The van der Waals surface area contributed by atoms with Crippen LogP contribution in [0.2, 0.25) is 0 Å². The van der Waals surface area contributed by atoms with E-state index >= 15 is 0 Å². The zero-order chi connectivity index (χ0) is 12.7. The molecule has 0 saturated heterocycles. The second kappa shape index (κ2) is 7.46. The molecular formula is C14H20ClNO. The maximum atomic E-state index is 10.9. The molecule has 0 N–H and O–H groups in total. The van der Waals surface area contributed by atoms with E-state index in [0.29, 0.717) is 5.56 Å². The Morgan fingerprint density at radius 3 is 2.35 bits per heavy atom. The summed E-state index contributed by atoms with van der Waals surface area (Å²) in [6.45, 7) is 7.49. The van der Waals surface area contributed by atoms with Crippen LogP contribution in [0.25, 0.3) is 0 Å². The summed E-state index contributed by atoms with van der Waals surface area (Å²) in [5.74, 6) is 0. The van der Waals surface area contributed by atoms with Crippen LogP contribution in [0.5, 0.6) is 0 Å². The molecule has 0 spiro atoms. The molecule has 0 aliphatic rings. The maximum Gasteiger partial charge on any atom is 0.252 e. The zero-order valence-electron chi connectivity index (χ0n) is 10.6. The molecule has 0 amide bonds. The van der Waals surface area contributed by atoms with Crippen LogP contribution in [-0.4, -0.2) is 23.2 Å². The van der Waals surface area contributed by atoms with Crippen molar-refractivity contribution < 1.29 is 4.79 Å². The van der Waals surface area contributed by atoms with Gasteiger partial charge in [-0.15, -0.1) is 0 Å². The molecule has 17 heavy (non-hydrogen) atoms. The largest absolute Gasteiger partial charge is 0.299 e.